The van der Waals surface area contributed by atoms with Gasteiger partial charge in [-0.3, -0.25) is 4.79 Å². The first-order valence-electron chi connectivity index (χ1n) is 10.8. The number of carbonyl (C=O) groups excluding carboxylic acids is 1. The Balaban J connectivity index is 1.43. The molecule has 5 rings (SSSR count). The normalized spacial score (nSPS) is 13.2. The van der Waals surface area contributed by atoms with Crippen LogP contribution in [0.4, 0.5) is 40.3 Å². The second-order valence-electron chi connectivity index (χ2n) is 8.01. The van der Waals surface area contributed by atoms with Gasteiger partial charge in [0.15, 0.2) is 0 Å². The summed E-state index contributed by atoms with van der Waals surface area (Å²) in [5, 5.41) is 8.10. The highest BCUT2D eigenvalue weighted by Gasteiger charge is 2.35. The zero-order valence-electron chi connectivity index (χ0n) is 18.2. The van der Waals surface area contributed by atoms with E-state index in [-0.39, 0.29) is 0 Å². The van der Waals surface area contributed by atoms with E-state index in [4.69, 9.17) is 0 Å². The van der Waals surface area contributed by atoms with Crippen molar-refractivity contribution in [3.63, 3.8) is 0 Å². The lowest BCUT2D eigenvalue weighted by Crippen LogP contribution is -2.19. The average molecular weight is 477 g/mol. The zero-order valence-corrected chi connectivity index (χ0v) is 18.2. The Bertz CT molecular complexity index is 1450. The van der Waals surface area contributed by atoms with E-state index in [1.807, 2.05) is 53.6 Å². The van der Waals surface area contributed by atoms with Gasteiger partial charge in [-0.25, -0.2) is 4.39 Å². The van der Waals surface area contributed by atoms with Crippen LogP contribution >= 0.6 is 0 Å². The maximum Gasteiger partial charge on any atom is 0.417 e. The fourth-order valence-electron chi connectivity index (χ4n) is 4.12. The number of nitrogens with one attached hydrogen (secondary N) is 2. The summed E-state index contributed by atoms with van der Waals surface area (Å²) in [6.45, 7) is 0.644. The second kappa shape index (κ2) is 8.79. The molecule has 1 heterocycles. The lowest BCUT2D eigenvalue weighted by atomic mass is 10.1. The highest BCUT2D eigenvalue weighted by molar-refractivity contribution is 6.06. The van der Waals surface area contributed by atoms with Crippen LogP contribution in [-0.4, -0.2) is 12.5 Å². The largest absolute Gasteiger partial charge is 0.417 e. The van der Waals surface area contributed by atoms with Crippen molar-refractivity contribution in [1.82, 2.24) is 0 Å². The predicted octanol–water partition coefficient (Wildman–Crippen LogP) is 7.33. The quantitative estimate of drug-likeness (QED) is 0.304. The van der Waals surface area contributed by atoms with Crippen molar-refractivity contribution in [1.29, 1.82) is 0 Å². The van der Waals surface area contributed by atoms with Gasteiger partial charge >= 0.3 is 6.18 Å². The summed E-state index contributed by atoms with van der Waals surface area (Å²) in [5.74, 6) is -2.04. The van der Waals surface area contributed by atoms with Crippen LogP contribution in [0.25, 0.3) is 10.8 Å². The van der Waals surface area contributed by atoms with Crippen molar-refractivity contribution in [3.8, 4) is 0 Å². The number of alkyl halides is 3. The molecule has 4 nitrogen and oxygen atoms in total. The lowest BCUT2D eigenvalue weighted by Gasteiger charge is -2.23. The number of rotatable bonds is 3. The Kier molecular flexibility index (Phi) is 5.64. The van der Waals surface area contributed by atoms with Gasteiger partial charge in [-0.15, -0.1) is 0 Å². The molecule has 1 aliphatic heterocycles. The molecular weight excluding hydrogens is 458 g/mol. The minimum Gasteiger partial charge on any atom is -0.379 e. The molecular formula is C27H19F4N3O. The minimum absolute atomic E-state index is 0.312. The number of anilines is 4. The Hall–Kier alpha value is -4.33. The van der Waals surface area contributed by atoms with Crippen LogP contribution in [0.15, 0.2) is 91.1 Å². The fourth-order valence-corrected chi connectivity index (χ4v) is 4.12. The van der Waals surface area contributed by atoms with Crippen molar-refractivity contribution in [2.75, 3.05) is 22.1 Å². The molecule has 4 aromatic rings. The van der Waals surface area contributed by atoms with Gasteiger partial charge < -0.3 is 15.5 Å². The van der Waals surface area contributed by atoms with Crippen LogP contribution in [0, 0.1) is 5.82 Å². The summed E-state index contributed by atoms with van der Waals surface area (Å²) in [6, 6.07) is 20.8. The number of benzene rings is 4. The van der Waals surface area contributed by atoms with Crippen LogP contribution in [0.5, 0.6) is 0 Å². The summed E-state index contributed by atoms with van der Waals surface area (Å²) >= 11 is 0. The van der Waals surface area contributed by atoms with Crippen LogP contribution < -0.4 is 15.5 Å². The van der Waals surface area contributed by atoms with E-state index >= 15 is 0 Å². The molecule has 0 aliphatic carbocycles. The third kappa shape index (κ3) is 4.42. The van der Waals surface area contributed by atoms with Crippen LogP contribution in [-0.2, 0) is 6.18 Å². The summed E-state index contributed by atoms with van der Waals surface area (Å²) in [5.41, 5.74) is 1.07. The van der Waals surface area contributed by atoms with Gasteiger partial charge in [-0.2, -0.15) is 13.2 Å². The monoisotopic (exact) mass is 477 g/mol. The van der Waals surface area contributed by atoms with Crippen molar-refractivity contribution < 1.29 is 22.4 Å². The maximum atomic E-state index is 13.4. The number of hydrogen-bond acceptors (Lipinski definition) is 3. The number of halogens is 4. The zero-order chi connectivity index (χ0) is 24.6. The molecule has 0 bridgehead atoms. The van der Waals surface area contributed by atoms with Gasteiger partial charge in [0, 0.05) is 29.5 Å². The Morgan fingerprint density at radius 3 is 2.49 bits per heavy atom. The molecule has 4 aromatic carbocycles. The number of hydrogen-bond donors (Lipinski definition) is 2. The van der Waals surface area contributed by atoms with Crippen molar-refractivity contribution >= 4 is 39.4 Å². The molecule has 0 unspecified atom stereocenters. The van der Waals surface area contributed by atoms with E-state index in [0.29, 0.717) is 18.3 Å². The molecule has 0 saturated heterocycles. The highest BCUT2D eigenvalue weighted by Crippen LogP contribution is 2.39. The SMILES string of the molecule is O=C(Nc1ccc(N2C=CCNc3c2ccc2ccccc32)cc1)c1ccc(F)cc1C(F)(F)F. The molecule has 0 saturated carbocycles. The van der Waals surface area contributed by atoms with Gasteiger partial charge in [-0.05, 0) is 60.0 Å². The standard InChI is InChI=1S/C27H19F4N3O/c28-18-7-12-22(23(16-18)27(29,30)31)26(35)33-19-8-10-20(11-9-19)34-15-3-14-32-25-21-5-2-1-4-17(21)6-13-24(25)34/h1-13,15-16,32H,14H2,(H,33,35). The topological polar surface area (TPSA) is 44.4 Å². The molecule has 0 aromatic heterocycles. The minimum atomic E-state index is -4.86. The van der Waals surface area contributed by atoms with E-state index in [2.05, 4.69) is 10.6 Å². The number of carbonyl (C=O) groups is 1. The molecule has 2 N–H and O–H groups in total. The molecule has 0 radical (unpaired) electrons. The smallest absolute Gasteiger partial charge is 0.379 e. The molecule has 8 heteroatoms. The third-order valence-corrected chi connectivity index (χ3v) is 5.75. The third-order valence-electron chi connectivity index (χ3n) is 5.75. The number of fused-ring (bicyclic) bond motifs is 3. The molecule has 0 spiro atoms. The molecule has 35 heavy (non-hydrogen) atoms. The Morgan fingerprint density at radius 2 is 1.71 bits per heavy atom. The van der Waals surface area contributed by atoms with Crippen LogP contribution in [0.3, 0.4) is 0 Å². The maximum absolute atomic E-state index is 13.4. The van der Waals surface area contributed by atoms with Gasteiger partial charge in [0.1, 0.15) is 5.82 Å². The van der Waals surface area contributed by atoms with E-state index < -0.39 is 29.0 Å². The highest BCUT2D eigenvalue weighted by atomic mass is 19.4. The molecule has 0 atom stereocenters. The van der Waals surface area contributed by atoms with Crippen LogP contribution in [0.2, 0.25) is 0 Å². The first-order chi connectivity index (χ1) is 16.8. The molecule has 0 fully saturated rings. The summed E-state index contributed by atoms with van der Waals surface area (Å²) in [6.07, 6.45) is -0.934. The van der Waals surface area contributed by atoms with E-state index in [0.717, 1.165) is 40.0 Å². The Morgan fingerprint density at radius 1 is 0.943 bits per heavy atom. The van der Waals surface area contributed by atoms with E-state index in [1.165, 1.54) is 0 Å². The summed E-state index contributed by atoms with van der Waals surface area (Å²) < 4.78 is 53.2. The fraction of sp³-hybridized carbons (Fsp3) is 0.0741. The van der Waals surface area contributed by atoms with Crippen molar-refractivity contribution in [2.45, 2.75) is 6.18 Å². The predicted molar refractivity (Wildman–Crippen MR) is 130 cm³/mol. The Labute approximate surface area is 198 Å². The van der Waals surface area contributed by atoms with Crippen molar-refractivity contribution in [2.24, 2.45) is 0 Å². The van der Waals surface area contributed by atoms with Gasteiger partial charge in [0.05, 0.1) is 22.5 Å². The number of nitrogens with zero attached hydrogens (tertiary/aromatic N) is 1. The van der Waals surface area contributed by atoms with Gasteiger partial charge in [0.2, 0.25) is 0 Å². The molecule has 1 aliphatic rings. The first kappa shape index (κ1) is 22.5. The molecule has 1 amide bonds. The lowest BCUT2D eigenvalue weighted by molar-refractivity contribution is -0.138. The summed E-state index contributed by atoms with van der Waals surface area (Å²) in [4.78, 5) is 14.5. The van der Waals surface area contributed by atoms with E-state index in [1.54, 1.807) is 24.3 Å². The van der Waals surface area contributed by atoms with Gasteiger partial charge in [-0.1, -0.05) is 30.3 Å². The first-order valence-corrected chi connectivity index (χ1v) is 10.8. The summed E-state index contributed by atoms with van der Waals surface area (Å²) in [7, 11) is 0. The van der Waals surface area contributed by atoms with Crippen molar-refractivity contribution in [3.05, 3.63) is 108 Å². The van der Waals surface area contributed by atoms with Crippen LogP contribution in [0.1, 0.15) is 15.9 Å². The second-order valence-corrected chi connectivity index (χ2v) is 8.01. The average Bonchev–Trinajstić information content (AvgIpc) is 3.07. The molecule has 176 valence electrons. The number of amides is 1. The van der Waals surface area contributed by atoms with Gasteiger partial charge in [0.25, 0.3) is 5.91 Å². The van der Waals surface area contributed by atoms with E-state index in [9.17, 15) is 22.4 Å².